The summed E-state index contributed by atoms with van der Waals surface area (Å²) in [4.78, 5) is 12.8. The Morgan fingerprint density at radius 3 is 2.65 bits per heavy atom. The molecule has 2 aromatic carbocycles. The van der Waals surface area contributed by atoms with E-state index in [1.165, 1.54) is 17.7 Å². The van der Waals surface area contributed by atoms with Crippen molar-refractivity contribution in [1.82, 2.24) is 15.1 Å². The molecule has 2 fully saturated rings. The maximum absolute atomic E-state index is 13.1. The molecule has 2 aliphatic rings. The van der Waals surface area contributed by atoms with Gasteiger partial charge in [0.25, 0.3) is 5.91 Å². The first-order chi connectivity index (χ1) is 15.6. The number of benzene rings is 2. The average Bonchev–Trinajstić information content (AvgIpc) is 3.45. The van der Waals surface area contributed by atoms with Crippen LogP contribution in [0.5, 0.6) is 0 Å². The second-order valence-electron chi connectivity index (χ2n) is 8.63. The van der Waals surface area contributed by atoms with E-state index in [1.54, 1.807) is 29.2 Å². The minimum Gasteiger partial charge on any atom is -0.381 e. The van der Waals surface area contributed by atoms with Gasteiger partial charge in [0.2, 0.25) is 0 Å². The van der Waals surface area contributed by atoms with E-state index in [-0.39, 0.29) is 36.5 Å². The SMILES string of the molecule is Cl.Cl.O=C(Nc1cnn(Cc2ccc(F)cc2)c1)c1cccc([C@@H]2C[C@H]2NC2CCOCC2)c1. The third kappa shape index (κ3) is 6.57. The summed E-state index contributed by atoms with van der Waals surface area (Å²) in [7, 11) is 0. The lowest BCUT2D eigenvalue weighted by molar-refractivity contribution is 0.0774. The van der Waals surface area contributed by atoms with E-state index in [4.69, 9.17) is 4.74 Å². The lowest BCUT2D eigenvalue weighted by Gasteiger charge is -2.23. The quantitative estimate of drug-likeness (QED) is 0.483. The fourth-order valence-electron chi connectivity index (χ4n) is 4.32. The van der Waals surface area contributed by atoms with Gasteiger partial charge >= 0.3 is 0 Å². The van der Waals surface area contributed by atoms with Gasteiger partial charge in [-0.2, -0.15) is 5.10 Å². The number of nitrogens with zero attached hydrogens (tertiary/aromatic N) is 2. The van der Waals surface area contributed by atoms with Crippen molar-refractivity contribution in [2.45, 2.75) is 43.8 Å². The van der Waals surface area contributed by atoms with Crippen LogP contribution < -0.4 is 10.6 Å². The van der Waals surface area contributed by atoms with Crippen LogP contribution in [0.2, 0.25) is 0 Å². The molecule has 2 heterocycles. The molecular weight excluding hydrogens is 478 g/mol. The van der Waals surface area contributed by atoms with Gasteiger partial charge in [0, 0.05) is 43.0 Å². The molecule has 6 nitrogen and oxygen atoms in total. The third-order valence-electron chi connectivity index (χ3n) is 6.19. The van der Waals surface area contributed by atoms with Crippen molar-refractivity contribution >= 4 is 36.4 Å². The first-order valence-electron chi connectivity index (χ1n) is 11.2. The number of ether oxygens (including phenoxy) is 1. The molecule has 1 saturated carbocycles. The molecule has 1 aliphatic heterocycles. The number of carbonyl (C=O) groups is 1. The highest BCUT2D eigenvalue weighted by molar-refractivity contribution is 6.04. The smallest absolute Gasteiger partial charge is 0.255 e. The highest BCUT2D eigenvalue weighted by Gasteiger charge is 2.39. The molecule has 1 amide bonds. The Labute approximate surface area is 211 Å². The molecule has 2 N–H and O–H groups in total. The summed E-state index contributed by atoms with van der Waals surface area (Å²) in [6.07, 6.45) is 6.65. The van der Waals surface area contributed by atoms with E-state index in [0.717, 1.165) is 38.0 Å². The maximum Gasteiger partial charge on any atom is 0.255 e. The van der Waals surface area contributed by atoms with Crippen LogP contribution in [0.1, 0.15) is 46.7 Å². The standard InChI is InChI=1S/C25H27FN4O2.2ClH/c26-20-6-4-17(5-7-20)15-30-16-22(14-27-30)29-25(31)19-3-1-2-18(12-19)23-13-24(23)28-21-8-10-32-11-9-21;;/h1-7,12,14,16,21,23-24,28H,8-11,13,15H2,(H,29,31);2*1H/t23-,24+;;/m0../s1. The zero-order chi connectivity index (χ0) is 21.9. The summed E-state index contributed by atoms with van der Waals surface area (Å²) in [5.74, 6) is 0.0492. The normalized spacial score (nSPS) is 19.6. The van der Waals surface area contributed by atoms with Gasteiger partial charge in [-0.3, -0.25) is 9.48 Å². The lowest BCUT2D eigenvalue weighted by Crippen LogP contribution is -2.36. The zero-order valence-corrected chi connectivity index (χ0v) is 20.3. The number of halogens is 3. The fraction of sp³-hybridized carbons (Fsp3) is 0.360. The van der Waals surface area contributed by atoms with Crippen molar-refractivity contribution in [2.75, 3.05) is 18.5 Å². The topological polar surface area (TPSA) is 68.2 Å². The number of hydrogen-bond donors (Lipinski definition) is 2. The van der Waals surface area contributed by atoms with Crippen LogP contribution >= 0.6 is 24.8 Å². The van der Waals surface area contributed by atoms with Gasteiger partial charge in [0.15, 0.2) is 0 Å². The van der Waals surface area contributed by atoms with Crippen molar-refractivity contribution in [3.63, 3.8) is 0 Å². The van der Waals surface area contributed by atoms with Gasteiger partial charge in [0.05, 0.1) is 18.4 Å². The minimum absolute atomic E-state index is 0. The number of nitrogens with one attached hydrogen (secondary N) is 2. The molecule has 1 aliphatic carbocycles. The molecule has 2 atom stereocenters. The maximum atomic E-state index is 13.1. The van der Waals surface area contributed by atoms with E-state index < -0.39 is 0 Å². The first kappa shape index (κ1) is 26.2. The van der Waals surface area contributed by atoms with Gasteiger partial charge in [-0.05, 0) is 54.7 Å². The Hall–Kier alpha value is -2.45. The van der Waals surface area contributed by atoms with Crippen LogP contribution in [0.25, 0.3) is 0 Å². The largest absolute Gasteiger partial charge is 0.381 e. The van der Waals surface area contributed by atoms with E-state index in [9.17, 15) is 9.18 Å². The van der Waals surface area contributed by atoms with E-state index in [1.807, 2.05) is 18.2 Å². The summed E-state index contributed by atoms with van der Waals surface area (Å²) in [5, 5.41) is 11.0. The fourth-order valence-corrected chi connectivity index (χ4v) is 4.32. The predicted octanol–water partition coefficient (Wildman–Crippen LogP) is 4.79. The van der Waals surface area contributed by atoms with Crippen LogP contribution in [0.3, 0.4) is 0 Å². The second-order valence-corrected chi connectivity index (χ2v) is 8.63. The highest BCUT2D eigenvalue weighted by Crippen LogP contribution is 2.41. The van der Waals surface area contributed by atoms with Gasteiger partial charge < -0.3 is 15.4 Å². The molecule has 34 heavy (non-hydrogen) atoms. The molecule has 1 saturated heterocycles. The summed E-state index contributed by atoms with van der Waals surface area (Å²) >= 11 is 0. The molecule has 0 unspecified atom stereocenters. The highest BCUT2D eigenvalue weighted by atomic mass is 35.5. The molecule has 0 spiro atoms. The molecule has 182 valence electrons. The third-order valence-corrected chi connectivity index (χ3v) is 6.19. The Balaban J connectivity index is 0.00000162. The van der Waals surface area contributed by atoms with Crippen LogP contribution in [-0.4, -0.2) is 41.0 Å². The number of amides is 1. The second kappa shape index (κ2) is 11.8. The minimum atomic E-state index is -0.263. The molecule has 5 rings (SSSR count). The summed E-state index contributed by atoms with van der Waals surface area (Å²) < 4.78 is 20.2. The van der Waals surface area contributed by atoms with Crippen LogP contribution in [0.15, 0.2) is 60.9 Å². The Bertz CT molecular complexity index is 1090. The average molecular weight is 507 g/mol. The molecule has 1 aromatic heterocycles. The van der Waals surface area contributed by atoms with Gasteiger partial charge in [-0.25, -0.2) is 4.39 Å². The molecule has 3 aromatic rings. The van der Waals surface area contributed by atoms with E-state index in [2.05, 4.69) is 21.8 Å². The van der Waals surface area contributed by atoms with Crippen molar-refractivity contribution in [1.29, 1.82) is 0 Å². The molecule has 0 bridgehead atoms. The molecular formula is C25H29Cl2FN4O2. The van der Waals surface area contributed by atoms with Crippen LogP contribution in [0, 0.1) is 5.82 Å². The molecule has 9 heteroatoms. The Kier molecular flexibility index (Phi) is 9.08. The van der Waals surface area contributed by atoms with E-state index in [0.29, 0.717) is 35.8 Å². The summed E-state index contributed by atoms with van der Waals surface area (Å²) in [6.45, 7) is 2.19. The first-order valence-corrected chi connectivity index (χ1v) is 11.2. The predicted molar refractivity (Wildman–Crippen MR) is 135 cm³/mol. The Morgan fingerprint density at radius 2 is 1.88 bits per heavy atom. The number of anilines is 1. The number of hydrogen-bond acceptors (Lipinski definition) is 4. The van der Waals surface area contributed by atoms with Crippen molar-refractivity contribution < 1.29 is 13.9 Å². The van der Waals surface area contributed by atoms with Gasteiger partial charge in [0.1, 0.15) is 5.82 Å². The Morgan fingerprint density at radius 1 is 1.12 bits per heavy atom. The van der Waals surface area contributed by atoms with Gasteiger partial charge in [-0.15, -0.1) is 24.8 Å². The van der Waals surface area contributed by atoms with Crippen molar-refractivity contribution in [3.8, 4) is 0 Å². The van der Waals surface area contributed by atoms with Gasteiger partial charge in [-0.1, -0.05) is 24.3 Å². The van der Waals surface area contributed by atoms with Crippen LogP contribution in [0.4, 0.5) is 10.1 Å². The number of rotatable bonds is 7. The molecule has 0 radical (unpaired) electrons. The lowest BCUT2D eigenvalue weighted by atomic mass is 10.1. The number of aromatic nitrogens is 2. The number of carbonyl (C=O) groups excluding carboxylic acids is 1. The summed E-state index contributed by atoms with van der Waals surface area (Å²) in [6, 6.07) is 15.2. The monoisotopic (exact) mass is 506 g/mol. The summed E-state index contributed by atoms with van der Waals surface area (Å²) in [5.41, 5.74) is 3.42. The van der Waals surface area contributed by atoms with Crippen molar-refractivity contribution in [2.24, 2.45) is 0 Å². The van der Waals surface area contributed by atoms with E-state index >= 15 is 0 Å². The van der Waals surface area contributed by atoms with Crippen molar-refractivity contribution in [3.05, 3.63) is 83.4 Å². The van der Waals surface area contributed by atoms with Crippen LogP contribution in [-0.2, 0) is 11.3 Å². The zero-order valence-electron chi connectivity index (χ0n) is 18.7.